The standard InChI is InChI=1S/C23H30N4O3/c1-14(24-25-21(29)18-8-6-7-9-19(18)28)20-15(2)26-27(22(20)30)17-12-10-16(11-13-17)23(3,4)5/h6-10,17,26,28H,11-13H2,1-5H3,(H,25,29). The van der Waals surface area contributed by atoms with Crippen LogP contribution in [0.4, 0.5) is 0 Å². The van der Waals surface area contributed by atoms with E-state index in [9.17, 15) is 14.7 Å². The molecule has 0 saturated carbocycles. The molecule has 1 amide bonds. The molecule has 0 spiro atoms. The Bertz CT molecular complexity index is 1070. The first-order valence-electron chi connectivity index (χ1n) is 10.2. The van der Waals surface area contributed by atoms with Gasteiger partial charge in [0.25, 0.3) is 11.5 Å². The first-order chi connectivity index (χ1) is 14.1. The predicted molar refractivity (Wildman–Crippen MR) is 118 cm³/mol. The Hall–Kier alpha value is -3.09. The predicted octanol–water partition coefficient (Wildman–Crippen LogP) is 4.04. The topological polar surface area (TPSA) is 99.5 Å². The second kappa shape index (κ2) is 8.34. The SMILES string of the molecule is CC(=NNC(=O)c1ccccc1O)c1c(C)[nH]n(C2CC=C(C(C)(C)C)CC2)c1=O. The van der Waals surface area contributed by atoms with E-state index in [4.69, 9.17) is 0 Å². The molecule has 0 fully saturated rings. The molecule has 1 unspecified atom stereocenters. The summed E-state index contributed by atoms with van der Waals surface area (Å²) in [4.78, 5) is 25.3. The molecule has 1 aromatic heterocycles. The second-order valence-corrected chi connectivity index (χ2v) is 8.85. The highest BCUT2D eigenvalue weighted by molar-refractivity contribution is 6.02. The van der Waals surface area contributed by atoms with Crippen molar-refractivity contribution >= 4 is 11.6 Å². The number of phenols is 1. The summed E-state index contributed by atoms with van der Waals surface area (Å²) in [6, 6.07) is 6.32. The van der Waals surface area contributed by atoms with Gasteiger partial charge in [-0.15, -0.1) is 0 Å². The van der Waals surface area contributed by atoms with Crippen LogP contribution < -0.4 is 11.0 Å². The molecule has 2 aromatic rings. The van der Waals surface area contributed by atoms with Crippen LogP contribution in [0.15, 0.2) is 45.8 Å². The molecule has 1 heterocycles. The van der Waals surface area contributed by atoms with Crippen molar-refractivity contribution in [2.45, 2.75) is 59.9 Å². The Morgan fingerprint density at radius 3 is 2.60 bits per heavy atom. The minimum atomic E-state index is -0.534. The fraction of sp³-hybridized carbons (Fsp3) is 0.435. The lowest BCUT2D eigenvalue weighted by Gasteiger charge is -2.29. The average Bonchev–Trinajstić information content (AvgIpc) is 3.00. The Morgan fingerprint density at radius 2 is 2.00 bits per heavy atom. The van der Waals surface area contributed by atoms with Crippen LogP contribution in [0.1, 0.15) is 74.6 Å². The van der Waals surface area contributed by atoms with E-state index in [2.05, 4.69) is 42.5 Å². The molecule has 1 aromatic carbocycles. The van der Waals surface area contributed by atoms with Crippen LogP contribution in [0.5, 0.6) is 5.75 Å². The highest BCUT2D eigenvalue weighted by Gasteiger charge is 2.26. The number of amides is 1. The number of rotatable bonds is 4. The van der Waals surface area contributed by atoms with E-state index in [1.807, 2.05) is 6.92 Å². The number of nitrogens with zero attached hydrogens (tertiary/aromatic N) is 2. The minimum absolute atomic E-state index is 0.0831. The van der Waals surface area contributed by atoms with Crippen molar-refractivity contribution in [2.75, 3.05) is 0 Å². The first-order valence-corrected chi connectivity index (χ1v) is 10.2. The molecule has 7 heteroatoms. The lowest BCUT2D eigenvalue weighted by atomic mass is 9.79. The molecular formula is C23H30N4O3. The van der Waals surface area contributed by atoms with E-state index in [-0.39, 0.29) is 28.3 Å². The van der Waals surface area contributed by atoms with Crippen LogP contribution in [-0.2, 0) is 0 Å². The number of carbonyl (C=O) groups is 1. The number of carbonyl (C=O) groups excluding carboxylic acids is 1. The van der Waals surface area contributed by atoms with Gasteiger partial charge in [0.05, 0.1) is 22.9 Å². The number of aromatic nitrogens is 2. The Balaban J connectivity index is 1.79. The molecule has 0 aliphatic heterocycles. The Labute approximate surface area is 176 Å². The van der Waals surface area contributed by atoms with Crippen molar-refractivity contribution in [2.24, 2.45) is 10.5 Å². The van der Waals surface area contributed by atoms with Crippen molar-refractivity contribution in [3.05, 3.63) is 63.1 Å². The van der Waals surface area contributed by atoms with Gasteiger partial charge >= 0.3 is 0 Å². The number of hydrazone groups is 1. The maximum absolute atomic E-state index is 13.1. The second-order valence-electron chi connectivity index (χ2n) is 8.85. The normalized spacial score (nSPS) is 17.6. The van der Waals surface area contributed by atoms with Gasteiger partial charge in [0.2, 0.25) is 0 Å². The van der Waals surface area contributed by atoms with Crippen LogP contribution in [0.3, 0.4) is 0 Å². The average molecular weight is 411 g/mol. The van der Waals surface area contributed by atoms with Gasteiger partial charge in [0.15, 0.2) is 0 Å². The molecule has 160 valence electrons. The van der Waals surface area contributed by atoms with Crippen molar-refractivity contribution in [3.8, 4) is 5.75 Å². The van der Waals surface area contributed by atoms with E-state index in [0.717, 1.165) is 19.3 Å². The van der Waals surface area contributed by atoms with Crippen molar-refractivity contribution < 1.29 is 9.90 Å². The lowest BCUT2D eigenvalue weighted by molar-refractivity contribution is 0.0952. The molecule has 0 bridgehead atoms. The van der Waals surface area contributed by atoms with Crippen molar-refractivity contribution in [3.63, 3.8) is 0 Å². The Kier molecular flexibility index (Phi) is 6.01. The summed E-state index contributed by atoms with van der Waals surface area (Å²) in [5.41, 5.74) is 5.58. The maximum atomic E-state index is 13.1. The summed E-state index contributed by atoms with van der Waals surface area (Å²) in [7, 11) is 0. The summed E-state index contributed by atoms with van der Waals surface area (Å²) in [6.07, 6.45) is 4.94. The smallest absolute Gasteiger partial charge is 0.276 e. The lowest BCUT2D eigenvalue weighted by Crippen LogP contribution is -2.28. The number of hydrogen-bond acceptors (Lipinski definition) is 4. The van der Waals surface area contributed by atoms with E-state index < -0.39 is 5.91 Å². The first kappa shape index (κ1) is 21.6. The van der Waals surface area contributed by atoms with Crippen LogP contribution in [0.25, 0.3) is 0 Å². The summed E-state index contributed by atoms with van der Waals surface area (Å²) < 4.78 is 1.68. The van der Waals surface area contributed by atoms with Gasteiger partial charge in [-0.3, -0.25) is 14.7 Å². The van der Waals surface area contributed by atoms with Gasteiger partial charge < -0.3 is 5.11 Å². The molecule has 1 aliphatic carbocycles. The number of benzene rings is 1. The van der Waals surface area contributed by atoms with Gasteiger partial charge in [-0.2, -0.15) is 5.10 Å². The van der Waals surface area contributed by atoms with Gasteiger partial charge in [-0.1, -0.05) is 44.6 Å². The van der Waals surface area contributed by atoms with Gasteiger partial charge in [0.1, 0.15) is 5.75 Å². The number of phenolic OH excluding ortho intramolecular Hbond substituents is 1. The van der Waals surface area contributed by atoms with Crippen LogP contribution in [0, 0.1) is 12.3 Å². The number of allylic oxidation sites excluding steroid dienone is 2. The summed E-state index contributed by atoms with van der Waals surface area (Å²) >= 11 is 0. The van der Waals surface area contributed by atoms with Crippen LogP contribution in [0.2, 0.25) is 0 Å². The third kappa shape index (κ3) is 4.40. The van der Waals surface area contributed by atoms with E-state index >= 15 is 0 Å². The number of nitrogens with one attached hydrogen (secondary N) is 2. The molecule has 1 atom stereocenters. The number of aryl methyl sites for hydroxylation is 1. The van der Waals surface area contributed by atoms with E-state index in [1.165, 1.54) is 17.7 Å². The number of hydrogen-bond donors (Lipinski definition) is 3. The number of para-hydroxylation sites is 1. The fourth-order valence-electron chi connectivity index (χ4n) is 3.90. The van der Waals surface area contributed by atoms with Crippen LogP contribution >= 0.6 is 0 Å². The third-order valence-corrected chi connectivity index (χ3v) is 5.64. The zero-order valence-corrected chi connectivity index (χ0v) is 18.2. The van der Waals surface area contributed by atoms with Gasteiger partial charge in [-0.05, 0) is 50.7 Å². The van der Waals surface area contributed by atoms with E-state index in [0.29, 0.717) is 17.0 Å². The molecule has 0 radical (unpaired) electrons. The summed E-state index contributed by atoms with van der Waals surface area (Å²) in [5.74, 6) is -0.656. The highest BCUT2D eigenvalue weighted by Crippen LogP contribution is 2.36. The number of aromatic hydroxyl groups is 1. The summed E-state index contributed by atoms with van der Waals surface area (Å²) in [5, 5.41) is 17.1. The Morgan fingerprint density at radius 1 is 1.30 bits per heavy atom. The largest absolute Gasteiger partial charge is 0.507 e. The van der Waals surface area contributed by atoms with Crippen molar-refractivity contribution in [1.82, 2.24) is 15.2 Å². The zero-order chi connectivity index (χ0) is 22.1. The molecular weight excluding hydrogens is 380 g/mol. The highest BCUT2D eigenvalue weighted by atomic mass is 16.3. The van der Waals surface area contributed by atoms with E-state index in [1.54, 1.807) is 23.7 Å². The molecule has 7 nitrogen and oxygen atoms in total. The summed E-state index contributed by atoms with van der Waals surface area (Å²) in [6.45, 7) is 10.2. The van der Waals surface area contributed by atoms with Crippen molar-refractivity contribution in [1.29, 1.82) is 0 Å². The number of aromatic amines is 1. The molecule has 3 N–H and O–H groups in total. The van der Waals surface area contributed by atoms with Crippen LogP contribution in [-0.4, -0.2) is 26.5 Å². The number of H-pyrrole nitrogens is 1. The maximum Gasteiger partial charge on any atom is 0.276 e. The third-order valence-electron chi connectivity index (χ3n) is 5.64. The van der Waals surface area contributed by atoms with Gasteiger partial charge in [-0.25, -0.2) is 10.1 Å². The molecule has 1 aliphatic rings. The zero-order valence-electron chi connectivity index (χ0n) is 18.2. The minimum Gasteiger partial charge on any atom is -0.507 e. The molecule has 3 rings (SSSR count). The molecule has 0 saturated heterocycles. The quantitative estimate of drug-likeness (QED) is 0.403. The molecule has 30 heavy (non-hydrogen) atoms. The van der Waals surface area contributed by atoms with Gasteiger partial charge in [0, 0.05) is 5.69 Å². The fourth-order valence-corrected chi connectivity index (χ4v) is 3.90. The monoisotopic (exact) mass is 410 g/mol.